The SMILES string of the molecule is OC1C=Cc2cccnc2C1O. The number of pyridine rings is 1. The van der Waals surface area contributed by atoms with E-state index in [1.807, 2.05) is 6.07 Å². The molecule has 0 aliphatic heterocycles. The molecule has 0 bridgehead atoms. The van der Waals surface area contributed by atoms with E-state index in [0.29, 0.717) is 5.69 Å². The van der Waals surface area contributed by atoms with Gasteiger partial charge in [0.1, 0.15) is 12.2 Å². The van der Waals surface area contributed by atoms with Crippen LogP contribution >= 0.6 is 0 Å². The monoisotopic (exact) mass is 163 g/mol. The number of fused-ring (bicyclic) bond motifs is 1. The zero-order valence-electron chi connectivity index (χ0n) is 6.38. The molecule has 1 aliphatic carbocycles. The summed E-state index contributed by atoms with van der Waals surface area (Å²) in [5.41, 5.74) is 1.42. The summed E-state index contributed by atoms with van der Waals surface area (Å²) in [5, 5.41) is 18.7. The number of aromatic nitrogens is 1. The minimum atomic E-state index is -0.883. The summed E-state index contributed by atoms with van der Waals surface area (Å²) in [6, 6.07) is 3.65. The van der Waals surface area contributed by atoms with Crippen LogP contribution in [0.25, 0.3) is 6.08 Å². The lowest BCUT2D eigenvalue weighted by atomic mass is 9.98. The summed E-state index contributed by atoms with van der Waals surface area (Å²) in [6.07, 6.45) is 3.22. The summed E-state index contributed by atoms with van der Waals surface area (Å²) in [5.74, 6) is 0. The van der Waals surface area contributed by atoms with Crippen molar-refractivity contribution in [3.63, 3.8) is 0 Å². The number of hydrogen-bond acceptors (Lipinski definition) is 3. The van der Waals surface area contributed by atoms with Gasteiger partial charge in [-0.15, -0.1) is 0 Å². The topological polar surface area (TPSA) is 53.4 Å². The van der Waals surface area contributed by atoms with Gasteiger partial charge in [-0.1, -0.05) is 18.2 Å². The molecule has 1 aromatic rings. The van der Waals surface area contributed by atoms with Gasteiger partial charge in [0.25, 0.3) is 0 Å². The molecule has 0 spiro atoms. The Bertz CT molecular complexity index is 322. The quantitative estimate of drug-likeness (QED) is 0.585. The van der Waals surface area contributed by atoms with Crippen molar-refractivity contribution in [3.05, 3.63) is 35.7 Å². The van der Waals surface area contributed by atoms with Gasteiger partial charge in [-0.05, 0) is 11.6 Å². The van der Waals surface area contributed by atoms with Crippen molar-refractivity contribution in [2.24, 2.45) is 0 Å². The van der Waals surface area contributed by atoms with Gasteiger partial charge in [0.05, 0.1) is 5.69 Å². The van der Waals surface area contributed by atoms with Crippen molar-refractivity contribution < 1.29 is 10.2 Å². The van der Waals surface area contributed by atoms with E-state index < -0.39 is 12.2 Å². The van der Waals surface area contributed by atoms with Crippen LogP contribution in [0.15, 0.2) is 24.4 Å². The molecule has 0 amide bonds. The summed E-state index contributed by atoms with van der Waals surface area (Å²) in [4.78, 5) is 3.99. The highest BCUT2D eigenvalue weighted by Crippen LogP contribution is 2.25. The third-order valence-electron chi connectivity index (χ3n) is 1.95. The van der Waals surface area contributed by atoms with Crippen LogP contribution in [0.1, 0.15) is 17.4 Å². The first-order chi connectivity index (χ1) is 5.79. The Balaban J connectivity index is 2.52. The van der Waals surface area contributed by atoms with Crippen molar-refractivity contribution in [2.45, 2.75) is 12.2 Å². The maximum absolute atomic E-state index is 9.47. The Morgan fingerprint density at radius 1 is 1.33 bits per heavy atom. The Morgan fingerprint density at radius 2 is 2.17 bits per heavy atom. The molecule has 2 atom stereocenters. The van der Waals surface area contributed by atoms with E-state index in [0.717, 1.165) is 5.56 Å². The molecule has 2 unspecified atom stereocenters. The molecule has 0 radical (unpaired) electrons. The Morgan fingerprint density at radius 3 is 3.00 bits per heavy atom. The fourth-order valence-corrected chi connectivity index (χ4v) is 1.29. The second kappa shape index (κ2) is 2.69. The van der Waals surface area contributed by atoms with Gasteiger partial charge < -0.3 is 10.2 Å². The lowest BCUT2D eigenvalue weighted by Crippen LogP contribution is -2.20. The van der Waals surface area contributed by atoms with E-state index in [1.54, 1.807) is 24.4 Å². The van der Waals surface area contributed by atoms with Crippen molar-refractivity contribution >= 4 is 6.08 Å². The van der Waals surface area contributed by atoms with Crippen LogP contribution in [-0.4, -0.2) is 21.3 Å². The first-order valence-electron chi connectivity index (χ1n) is 3.78. The lowest BCUT2D eigenvalue weighted by molar-refractivity contribution is 0.0440. The molecule has 1 heterocycles. The molecular formula is C9H9NO2. The second-order valence-corrected chi connectivity index (χ2v) is 2.77. The van der Waals surface area contributed by atoms with Gasteiger partial charge in [-0.2, -0.15) is 0 Å². The van der Waals surface area contributed by atoms with Crippen molar-refractivity contribution in [2.75, 3.05) is 0 Å². The van der Waals surface area contributed by atoms with E-state index in [2.05, 4.69) is 4.98 Å². The summed E-state index contributed by atoms with van der Waals surface area (Å²) in [7, 11) is 0. The fraction of sp³-hybridized carbons (Fsp3) is 0.222. The van der Waals surface area contributed by atoms with Crippen LogP contribution in [-0.2, 0) is 0 Å². The van der Waals surface area contributed by atoms with Gasteiger partial charge in [0.2, 0.25) is 0 Å². The van der Waals surface area contributed by atoms with Crippen LogP contribution < -0.4 is 0 Å². The standard InChI is InChI=1S/C9H9NO2/c11-7-4-3-6-2-1-5-10-8(6)9(7)12/h1-5,7,9,11-12H. The highest BCUT2D eigenvalue weighted by atomic mass is 16.3. The molecule has 62 valence electrons. The highest BCUT2D eigenvalue weighted by Gasteiger charge is 2.22. The number of aliphatic hydroxyl groups excluding tert-OH is 2. The van der Waals surface area contributed by atoms with Gasteiger partial charge in [-0.25, -0.2) is 0 Å². The van der Waals surface area contributed by atoms with E-state index in [9.17, 15) is 10.2 Å². The minimum absolute atomic E-state index is 0.549. The molecular weight excluding hydrogens is 154 g/mol. The molecule has 0 saturated heterocycles. The zero-order chi connectivity index (χ0) is 8.55. The average Bonchev–Trinajstić information content (AvgIpc) is 2.12. The van der Waals surface area contributed by atoms with Crippen LogP contribution in [0, 0.1) is 0 Å². The van der Waals surface area contributed by atoms with Gasteiger partial charge in [0, 0.05) is 6.20 Å². The molecule has 0 aromatic carbocycles. The molecule has 2 rings (SSSR count). The van der Waals surface area contributed by atoms with Crippen LogP contribution in [0.5, 0.6) is 0 Å². The predicted molar refractivity (Wildman–Crippen MR) is 44.2 cm³/mol. The van der Waals surface area contributed by atoms with Gasteiger partial charge in [-0.3, -0.25) is 4.98 Å². The van der Waals surface area contributed by atoms with E-state index >= 15 is 0 Å². The van der Waals surface area contributed by atoms with Crippen LogP contribution in [0.2, 0.25) is 0 Å². The molecule has 1 aromatic heterocycles. The molecule has 1 aliphatic rings. The second-order valence-electron chi connectivity index (χ2n) is 2.77. The molecule has 0 saturated carbocycles. The summed E-state index contributed by atoms with van der Waals surface area (Å²) in [6.45, 7) is 0. The number of hydrogen-bond donors (Lipinski definition) is 2. The molecule has 0 fully saturated rings. The lowest BCUT2D eigenvalue weighted by Gasteiger charge is -2.19. The summed E-state index contributed by atoms with van der Waals surface area (Å²) >= 11 is 0. The van der Waals surface area contributed by atoms with Crippen LogP contribution in [0.4, 0.5) is 0 Å². The van der Waals surface area contributed by atoms with Crippen molar-refractivity contribution in [3.8, 4) is 0 Å². The summed E-state index contributed by atoms with van der Waals surface area (Å²) < 4.78 is 0. The van der Waals surface area contributed by atoms with Crippen molar-refractivity contribution in [1.82, 2.24) is 4.98 Å². The zero-order valence-corrected chi connectivity index (χ0v) is 6.38. The van der Waals surface area contributed by atoms with Crippen LogP contribution in [0.3, 0.4) is 0 Å². The maximum atomic E-state index is 9.47. The number of nitrogens with zero attached hydrogens (tertiary/aromatic N) is 1. The predicted octanol–water partition coefficient (Wildman–Crippen LogP) is 0.503. The molecule has 3 heteroatoms. The van der Waals surface area contributed by atoms with E-state index in [4.69, 9.17) is 0 Å². The first-order valence-corrected chi connectivity index (χ1v) is 3.78. The van der Waals surface area contributed by atoms with Crippen molar-refractivity contribution in [1.29, 1.82) is 0 Å². The number of aliphatic hydroxyl groups is 2. The smallest absolute Gasteiger partial charge is 0.126 e. The average molecular weight is 163 g/mol. The largest absolute Gasteiger partial charge is 0.386 e. The Kier molecular flexibility index (Phi) is 1.67. The van der Waals surface area contributed by atoms with Gasteiger partial charge in [0.15, 0.2) is 0 Å². The molecule has 12 heavy (non-hydrogen) atoms. The van der Waals surface area contributed by atoms with E-state index in [-0.39, 0.29) is 0 Å². The number of rotatable bonds is 0. The first kappa shape index (κ1) is 7.46. The third kappa shape index (κ3) is 1.03. The Hall–Kier alpha value is -1.19. The molecule has 3 nitrogen and oxygen atoms in total. The minimum Gasteiger partial charge on any atom is -0.386 e. The van der Waals surface area contributed by atoms with Gasteiger partial charge >= 0.3 is 0 Å². The fourth-order valence-electron chi connectivity index (χ4n) is 1.29. The Labute approximate surface area is 70.0 Å². The third-order valence-corrected chi connectivity index (χ3v) is 1.95. The normalized spacial score (nSPS) is 26.8. The molecule has 2 N–H and O–H groups in total. The maximum Gasteiger partial charge on any atom is 0.126 e. The van der Waals surface area contributed by atoms with E-state index in [1.165, 1.54) is 0 Å². The highest BCUT2D eigenvalue weighted by molar-refractivity contribution is 5.55.